The van der Waals surface area contributed by atoms with Gasteiger partial charge in [0.25, 0.3) is 0 Å². The van der Waals surface area contributed by atoms with Crippen molar-refractivity contribution in [2.24, 2.45) is 7.05 Å². The smallest absolute Gasteiger partial charge is 0.168 e. The van der Waals surface area contributed by atoms with Crippen molar-refractivity contribution < 1.29 is 0 Å². The van der Waals surface area contributed by atoms with E-state index in [-0.39, 0.29) is 0 Å². The third kappa shape index (κ3) is 3.42. The molecule has 0 aliphatic heterocycles. The highest BCUT2D eigenvalue weighted by molar-refractivity contribution is 7.98. The summed E-state index contributed by atoms with van der Waals surface area (Å²) in [6.07, 6.45) is 5.78. The van der Waals surface area contributed by atoms with E-state index in [4.69, 9.17) is 0 Å². The van der Waals surface area contributed by atoms with E-state index in [1.54, 1.807) is 23.1 Å². The minimum Gasteiger partial charge on any atom is -0.329 e. The van der Waals surface area contributed by atoms with Gasteiger partial charge in [0, 0.05) is 41.8 Å². The number of nitrogens with zero attached hydrogens (tertiary/aromatic N) is 3. The Hall–Kier alpha value is -1.59. The Kier molecular flexibility index (Phi) is 4.64. The Morgan fingerprint density at radius 1 is 1.18 bits per heavy atom. The molecule has 0 aliphatic rings. The average Bonchev–Trinajstić information content (AvgIpc) is 3.14. The molecule has 1 aromatic carbocycles. The maximum Gasteiger partial charge on any atom is 0.168 e. The number of benzene rings is 1. The van der Waals surface area contributed by atoms with Gasteiger partial charge in [0.15, 0.2) is 5.16 Å². The van der Waals surface area contributed by atoms with E-state index in [9.17, 15) is 0 Å². The molecule has 5 heteroatoms. The minimum absolute atomic E-state index is 0.565. The fourth-order valence-electron chi connectivity index (χ4n) is 2.14. The first-order chi connectivity index (χ1) is 10.6. The molecule has 2 aromatic heterocycles. The van der Waals surface area contributed by atoms with E-state index in [2.05, 4.69) is 48.1 Å². The number of thiazole rings is 1. The third-order valence-corrected chi connectivity index (χ3v) is 5.83. The Balaban J connectivity index is 1.69. The van der Waals surface area contributed by atoms with Crippen molar-refractivity contribution in [3.05, 3.63) is 53.3 Å². The zero-order valence-corrected chi connectivity index (χ0v) is 14.6. The summed E-state index contributed by atoms with van der Waals surface area (Å²) >= 11 is 3.50. The van der Waals surface area contributed by atoms with Gasteiger partial charge in [0.05, 0.1) is 0 Å². The molecule has 3 nitrogen and oxygen atoms in total. The van der Waals surface area contributed by atoms with Gasteiger partial charge in [-0.3, -0.25) is 0 Å². The molecule has 22 heavy (non-hydrogen) atoms. The van der Waals surface area contributed by atoms with Crippen LogP contribution < -0.4 is 0 Å². The quantitative estimate of drug-likeness (QED) is 0.620. The molecule has 0 bridgehead atoms. The van der Waals surface area contributed by atoms with Crippen LogP contribution in [0.1, 0.15) is 30.2 Å². The van der Waals surface area contributed by atoms with Gasteiger partial charge in [-0.25, -0.2) is 9.97 Å². The van der Waals surface area contributed by atoms with Crippen molar-refractivity contribution in [1.82, 2.24) is 14.5 Å². The van der Waals surface area contributed by atoms with E-state index < -0.39 is 0 Å². The molecule has 0 atom stereocenters. The Morgan fingerprint density at radius 3 is 2.59 bits per heavy atom. The predicted octanol–water partition coefficient (Wildman–Crippen LogP) is 4.96. The van der Waals surface area contributed by atoms with Crippen LogP contribution in [0.5, 0.6) is 0 Å². The van der Waals surface area contributed by atoms with Crippen LogP contribution in [0, 0.1) is 0 Å². The van der Waals surface area contributed by atoms with Gasteiger partial charge < -0.3 is 4.57 Å². The largest absolute Gasteiger partial charge is 0.329 e. The van der Waals surface area contributed by atoms with Crippen molar-refractivity contribution >= 4 is 23.1 Å². The maximum atomic E-state index is 4.56. The number of aromatic nitrogens is 3. The summed E-state index contributed by atoms with van der Waals surface area (Å²) in [5, 5.41) is 2.13. The number of rotatable bonds is 5. The van der Waals surface area contributed by atoms with E-state index >= 15 is 0 Å². The number of hydrogen-bond donors (Lipinski definition) is 0. The standard InChI is InChI=1S/C17H19N3S2/c1-12(2)13-4-6-14(7-5-13)16-19-10-15(22-16)11-21-17-18-8-9-20(17)3/h4-10,12H,11H2,1-3H3. The molecule has 0 radical (unpaired) electrons. The van der Waals surface area contributed by atoms with Crippen LogP contribution >= 0.6 is 23.1 Å². The van der Waals surface area contributed by atoms with Crippen molar-refractivity contribution in [3.63, 3.8) is 0 Å². The van der Waals surface area contributed by atoms with Crippen LogP contribution in [0.15, 0.2) is 48.0 Å². The molecule has 0 saturated carbocycles. The Labute approximate surface area is 139 Å². The lowest BCUT2D eigenvalue weighted by Gasteiger charge is -2.05. The second kappa shape index (κ2) is 6.67. The second-order valence-corrected chi connectivity index (χ2v) is 7.58. The van der Waals surface area contributed by atoms with E-state index in [0.29, 0.717) is 5.92 Å². The first-order valence-corrected chi connectivity index (χ1v) is 9.09. The van der Waals surface area contributed by atoms with E-state index in [0.717, 1.165) is 15.9 Å². The summed E-state index contributed by atoms with van der Waals surface area (Å²) in [4.78, 5) is 10.2. The van der Waals surface area contributed by atoms with Crippen molar-refractivity contribution in [2.45, 2.75) is 30.7 Å². The predicted molar refractivity (Wildman–Crippen MR) is 94.4 cm³/mol. The fraction of sp³-hybridized carbons (Fsp3) is 0.294. The summed E-state index contributed by atoms with van der Waals surface area (Å²) in [6, 6.07) is 8.74. The first kappa shape index (κ1) is 15.3. The molecule has 0 saturated heterocycles. The van der Waals surface area contributed by atoms with Gasteiger partial charge in [-0.1, -0.05) is 49.9 Å². The highest BCUT2D eigenvalue weighted by atomic mass is 32.2. The highest BCUT2D eigenvalue weighted by Crippen LogP contribution is 2.30. The van der Waals surface area contributed by atoms with Crippen LogP contribution in [-0.2, 0) is 12.8 Å². The Bertz CT molecular complexity index is 741. The lowest BCUT2D eigenvalue weighted by molar-refractivity contribution is 0.790. The second-order valence-electron chi connectivity index (χ2n) is 5.52. The van der Waals surface area contributed by atoms with Crippen LogP contribution in [-0.4, -0.2) is 14.5 Å². The minimum atomic E-state index is 0.565. The van der Waals surface area contributed by atoms with Crippen LogP contribution in [0.2, 0.25) is 0 Å². The SMILES string of the molecule is CC(C)c1ccc(-c2ncc(CSc3nccn3C)s2)cc1. The van der Waals surface area contributed by atoms with Crippen LogP contribution in [0.25, 0.3) is 10.6 Å². The number of imidazole rings is 1. The molecular formula is C17H19N3S2. The maximum absolute atomic E-state index is 4.56. The van der Waals surface area contributed by atoms with Gasteiger partial charge in [0.2, 0.25) is 0 Å². The van der Waals surface area contributed by atoms with Gasteiger partial charge in [-0.15, -0.1) is 11.3 Å². The molecule has 0 unspecified atom stereocenters. The van der Waals surface area contributed by atoms with Gasteiger partial charge in [0.1, 0.15) is 5.01 Å². The highest BCUT2D eigenvalue weighted by Gasteiger charge is 2.08. The summed E-state index contributed by atoms with van der Waals surface area (Å²) in [6.45, 7) is 4.43. The molecule has 0 amide bonds. The first-order valence-electron chi connectivity index (χ1n) is 7.28. The van der Waals surface area contributed by atoms with Gasteiger partial charge in [-0.05, 0) is 11.5 Å². The van der Waals surface area contributed by atoms with Crippen molar-refractivity contribution in [1.29, 1.82) is 0 Å². The van der Waals surface area contributed by atoms with E-state index in [1.807, 2.05) is 30.2 Å². The lowest BCUT2D eigenvalue weighted by Crippen LogP contribution is -1.88. The summed E-state index contributed by atoms with van der Waals surface area (Å²) in [7, 11) is 2.02. The molecule has 0 fully saturated rings. The molecule has 0 spiro atoms. The average molecular weight is 329 g/mol. The topological polar surface area (TPSA) is 30.7 Å². The zero-order chi connectivity index (χ0) is 15.5. The summed E-state index contributed by atoms with van der Waals surface area (Å²) in [5.41, 5.74) is 2.56. The molecule has 3 aromatic rings. The van der Waals surface area contributed by atoms with Crippen LogP contribution in [0.4, 0.5) is 0 Å². The molecule has 114 valence electrons. The normalized spacial score (nSPS) is 11.3. The summed E-state index contributed by atoms with van der Waals surface area (Å²) in [5.74, 6) is 1.47. The molecular weight excluding hydrogens is 310 g/mol. The number of hydrogen-bond acceptors (Lipinski definition) is 4. The zero-order valence-electron chi connectivity index (χ0n) is 13.0. The third-order valence-electron chi connectivity index (χ3n) is 3.50. The lowest BCUT2D eigenvalue weighted by atomic mass is 10.0. The van der Waals surface area contributed by atoms with Gasteiger partial charge in [-0.2, -0.15) is 0 Å². The molecule has 2 heterocycles. The summed E-state index contributed by atoms with van der Waals surface area (Å²) < 4.78 is 2.04. The van der Waals surface area contributed by atoms with Gasteiger partial charge >= 0.3 is 0 Å². The Morgan fingerprint density at radius 2 is 1.95 bits per heavy atom. The fourth-order valence-corrected chi connectivity index (χ4v) is 4.02. The monoisotopic (exact) mass is 329 g/mol. The van der Waals surface area contributed by atoms with E-state index in [1.165, 1.54) is 16.0 Å². The molecule has 0 aliphatic carbocycles. The number of aryl methyl sites for hydroxylation is 1. The molecule has 3 rings (SSSR count). The van der Waals surface area contributed by atoms with Crippen molar-refractivity contribution in [2.75, 3.05) is 0 Å². The number of thioether (sulfide) groups is 1. The van der Waals surface area contributed by atoms with Crippen molar-refractivity contribution in [3.8, 4) is 10.6 Å². The van der Waals surface area contributed by atoms with Crippen LogP contribution in [0.3, 0.4) is 0 Å². The molecule has 0 N–H and O–H groups in total.